The van der Waals surface area contributed by atoms with Crippen LogP contribution in [0.2, 0.25) is 0 Å². The van der Waals surface area contributed by atoms with Crippen LogP contribution in [0.4, 0.5) is 13.2 Å². The number of nitrogens with one attached hydrogen (secondary N) is 1. The Labute approximate surface area is 121 Å². The van der Waals surface area contributed by atoms with Gasteiger partial charge in [0.2, 0.25) is 0 Å². The van der Waals surface area contributed by atoms with E-state index in [-0.39, 0.29) is 18.0 Å². The first-order valence-corrected chi connectivity index (χ1v) is 6.33. The molecule has 0 bridgehead atoms. The topological polar surface area (TPSA) is 68.3 Å². The van der Waals surface area contributed by atoms with E-state index in [0.717, 1.165) is 12.1 Å². The predicted molar refractivity (Wildman–Crippen MR) is 73.7 cm³/mol. The van der Waals surface area contributed by atoms with Gasteiger partial charge in [-0.2, -0.15) is 13.2 Å². The van der Waals surface area contributed by atoms with Crippen molar-refractivity contribution in [3.8, 4) is 5.75 Å². The van der Waals surface area contributed by atoms with E-state index in [1.54, 1.807) is 0 Å². The number of alkyl halides is 3. The summed E-state index contributed by atoms with van der Waals surface area (Å²) in [5.74, 6) is -0.440. The third-order valence-corrected chi connectivity index (χ3v) is 2.47. The molecule has 7 heteroatoms. The van der Waals surface area contributed by atoms with Crippen molar-refractivity contribution in [3.05, 3.63) is 29.3 Å². The van der Waals surface area contributed by atoms with Gasteiger partial charge in [0.1, 0.15) is 18.2 Å². The second-order valence-corrected chi connectivity index (χ2v) is 5.43. The molecule has 0 saturated heterocycles. The van der Waals surface area contributed by atoms with Gasteiger partial charge in [0.25, 0.3) is 0 Å². The number of amidine groups is 1. The van der Waals surface area contributed by atoms with Crippen molar-refractivity contribution in [1.82, 2.24) is 0 Å². The Hall–Kier alpha value is -1.76. The normalized spacial score (nSPS) is 12.3. The average molecular weight is 304 g/mol. The summed E-state index contributed by atoms with van der Waals surface area (Å²) in [6, 6.07) is 3.17. The number of hydrogen-bond donors (Lipinski definition) is 2. The lowest BCUT2D eigenvalue weighted by atomic mass is 10.1. The maximum Gasteiger partial charge on any atom is 0.417 e. The molecule has 0 aliphatic rings. The van der Waals surface area contributed by atoms with E-state index < -0.39 is 23.1 Å². The van der Waals surface area contributed by atoms with Gasteiger partial charge in [0.15, 0.2) is 0 Å². The smallest absolute Gasteiger partial charge is 0.417 e. The minimum absolute atomic E-state index is 0.194. The Kier molecular flexibility index (Phi) is 5.22. The summed E-state index contributed by atoms with van der Waals surface area (Å²) in [5.41, 5.74) is 3.54. The van der Waals surface area contributed by atoms with Crippen molar-refractivity contribution in [1.29, 1.82) is 5.41 Å². The summed E-state index contributed by atoms with van der Waals surface area (Å²) in [5, 5.41) is 7.25. The lowest BCUT2D eigenvalue weighted by molar-refractivity contribution is -0.137. The molecule has 0 unspecified atom stereocenters. The fraction of sp³-hybridized carbons (Fsp3) is 0.500. The average Bonchev–Trinajstić information content (AvgIpc) is 2.32. The van der Waals surface area contributed by atoms with E-state index in [4.69, 9.17) is 20.6 Å². The SMILES string of the molecule is CC(C)(C)OCCOc1ccc(C(F)(F)F)c(C(=N)N)c1. The molecule has 1 aromatic carbocycles. The fourth-order valence-electron chi connectivity index (χ4n) is 1.59. The van der Waals surface area contributed by atoms with E-state index >= 15 is 0 Å². The molecular formula is C14H19F3N2O2. The van der Waals surface area contributed by atoms with Crippen molar-refractivity contribution in [2.45, 2.75) is 32.5 Å². The highest BCUT2D eigenvalue weighted by atomic mass is 19.4. The zero-order valence-electron chi connectivity index (χ0n) is 12.2. The highest BCUT2D eigenvalue weighted by Crippen LogP contribution is 2.33. The van der Waals surface area contributed by atoms with Crippen LogP contribution < -0.4 is 10.5 Å². The van der Waals surface area contributed by atoms with Crippen molar-refractivity contribution in [3.63, 3.8) is 0 Å². The highest BCUT2D eigenvalue weighted by Gasteiger charge is 2.34. The minimum Gasteiger partial charge on any atom is -0.491 e. The molecule has 118 valence electrons. The Balaban J connectivity index is 2.78. The van der Waals surface area contributed by atoms with Gasteiger partial charge in [-0.3, -0.25) is 5.41 Å². The number of nitrogen functional groups attached to an aromatic ring is 1. The zero-order chi connectivity index (χ0) is 16.3. The van der Waals surface area contributed by atoms with Crippen LogP contribution in [0.3, 0.4) is 0 Å². The van der Waals surface area contributed by atoms with Gasteiger partial charge >= 0.3 is 6.18 Å². The van der Waals surface area contributed by atoms with Gasteiger partial charge in [-0.25, -0.2) is 0 Å². The molecule has 0 fully saturated rings. The summed E-state index contributed by atoms with van der Waals surface area (Å²) in [7, 11) is 0. The van der Waals surface area contributed by atoms with Crippen molar-refractivity contribution in [2.75, 3.05) is 13.2 Å². The fourth-order valence-corrected chi connectivity index (χ4v) is 1.59. The molecule has 0 radical (unpaired) electrons. The molecule has 1 aromatic rings. The van der Waals surface area contributed by atoms with Gasteiger partial charge in [-0.15, -0.1) is 0 Å². The van der Waals surface area contributed by atoms with E-state index in [2.05, 4.69) is 0 Å². The largest absolute Gasteiger partial charge is 0.491 e. The highest BCUT2D eigenvalue weighted by molar-refractivity contribution is 5.97. The number of hydrogen-bond acceptors (Lipinski definition) is 3. The molecule has 0 saturated carbocycles. The lowest BCUT2D eigenvalue weighted by Crippen LogP contribution is -2.22. The van der Waals surface area contributed by atoms with Gasteiger partial charge < -0.3 is 15.2 Å². The summed E-state index contributed by atoms with van der Waals surface area (Å²) < 4.78 is 49.0. The van der Waals surface area contributed by atoms with Gasteiger partial charge in [-0.05, 0) is 39.0 Å². The van der Waals surface area contributed by atoms with E-state index in [9.17, 15) is 13.2 Å². The maximum atomic E-state index is 12.8. The molecule has 0 aromatic heterocycles. The molecular weight excluding hydrogens is 285 g/mol. The lowest BCUT2D eigenvalue weighted by Gasteiger charge is -2.19. The molecule has 0 aliphatic heterocycles. The first kappa shape index (κ1) is 17.3. The molecule has 0 amide bonds. The quantitative estimate of drug-likeness (QED) is 0.499. The van der Waals surface area contributed by atoms with Crippen LogP contribution in [-0.4, -0.2) is 24.7 Å². The Morgan fingerprint density at radius 3 is 2.29 bits per heavy atom. The van der Waals surface area contributed by atoms with Crippen molar-refractivity contribution >= 4 is 5.84 Å². The van der Waals surface area contributed by atoms with Crippen LogP contribution in [0, 0.1) is 5.41 Å². The molecule has 0 heterocycles. The first-order chi connectivity index (χ1) is 9.50. The number of rotatable bonds is 5. The first-order valence-electron chi connectivity index (χ1n) is 6.33. The number of halogens is 3. The number of ether oxygens (including phenoxy) is 2. The van der Waals surface area contributed by atoms with Crippen LogP contribution in [0.15, 0.2) is 18.2 Å². The summed E-state index contributed by atoms with van der Waals surface area (Å²) in [6.07, 6.45) is -4.56. The van der Waals surface area contributed by atoms with Crippen LogP contribution >= 0.6 is 0 Å². The Morgan fingerprint density at radius 1 is 1.19 bits per heavy atom. The van der Waals surface area contributed by atoms with E-state index in [1.165, 1.54) is 6.07 Å². The van der Waals surface area contributed by atoms with Crippen molar-refractivity contribution < 1.29 is 22.6 Å². The van der Waals surface area contributed by atoms with Gasteiger partial charge in [0, 0.05) is 5.56 Å². The zero-order valence-corrected chi connectivity index (χ0v) is 12.2. The third kappa shape index (κ3) is 5.63. The molecule has 0 spiro atoms. The standard InChI is InChI=1S/C14H19F3N2O2/c1-13(2,3)21-7-6-20-9-4-5-11(14(15,16)17)10(8-9)12(18)19/h4-5,8H,6-7H2,1-3H3,(H3,18,19). The van der Waals surface area contributed by atoms with Crippen LogP contribution in [0.25, 0.3) is 0 Å². The van der Waals surface area contributed by atoms with Gasteiger partial charge in [0.05, 0.1) is 17.8 Å². The molecule has 0 aliphatic carbocycles. The molecule has 4 nitrogen and oxygen atoms in total. The van der Waals surface area contributed by atoms with Crippen LogP contribution in [0.5, 0.6) is 5.75 Å². The summed E-state index contributed by atoms with van der Waals surface area (Å²) in [6.45, 7) is 6.16. The number of benzene rings is 1. The molecule has 0 atom stereocenters. The van der Waals surface area contributed by atoms with Crippen LogP contribution in [0.1, 0.15) is 31.9 Å². The van der Waals surface area contributed by atoms with E-state index in [0.29, 0.717) is 6.61 Å². The van der Waals surface area contributed by atoms with E-state index in [1.807, 2.05) is 20.8 Å². The Bertz CT molecular complexity index is 508. The monoisotopic (exact) mass is 304 g/mol. The summed E-state index contributed by atoms with van der Waals surface area (Å²) >= 11 is 0. The maximum absolute atomic E-state index is 12.8. The second-order valence-electron chi connectivity index (χ2n) is 5.43. The molecule has 3 N–H and O–H groups in total. The second kappa shape index (κ2) is 6.34. The third-order valence-electron chi connectivity index (χ3n) is 2.47. The number of nitrogens with two attached hydrogens (primary N) is 1. The Morgan fingerprint density at radius 2 is 1.81 bits per heavy atom. The van der Waals surface area contributed by atoms with Crippen molar-refractivity contribution in [2.24, 2.45) is 5.73 Å². The predicted octanol–water partition coefficient (Wildman–Crippen LogP) is 3.18. The molecule has 21 heavy (non-hydrogen) atoms. The van der Waals surface area contributed by atoms with Gasteiger partial charge in [-0.1, -0.05) is 0 Å². The molecule has 1 rings (SSSR count). The summed E-state index contributed by atoms with van der Waals surface area (Å²) in [4.78, 5) is 0. The van der Waals surface area contributed by atoms with Crippen LogP contribution in [-0.2, 0) is 10.9 Å². The minimum atomic E-state index is -4.56.